The smallest absolute Gasteiger partial charge is 0.227 e. The number of benzene rings is 2. The molecule has 31 heavy (non-hydrogen) atoms. The zero-order chi connectivity index (χ0) is 21.8. The maximum atomic E-state index is 13.2. The van der Waals surface area contributed by atoms with Crippen LogP contribution in [0.3, 0.4) is 0 Å². The molecule has 0 aromatic heterocycles. The first-order valence-corrected chi connectivity index (χ1v) is 11.0. The van der Waals surface area contributed by atoms with E-state index in [0.717, 1.165) is 16.9 Å². The molecule has 0 radical (unpaired) electrons. The van der Waals surface area contributed by atoms with E-state index in [-0.39, 0.29) is 17.7 Å². The summed E-state index contributed by atoms with van der Waals surface area (Å²) in [7, 11) is 1.62. The molecule has 2 amide bonds. The average molecular weight is 423 g/mol. The molecule has 0 saturated carbocycles. The van der Waals surface area contributed by atoms with Crippen molar-refractivity contribution in [3.63, 3.8) is 0 Å². The van der Waals surface area contributed by atoms with Gasteiger partial charge in [0, 0.05) is 32.6 Å². The number of carbonyl (C=O) groups excluding carboxylic acids is 2. The van der Waals surface area contributed by atoms with Crippen LogP contribution < -0.4 is 4.74 Å². The van der Waals surface area contributed by atoms with Crippen LogP contribution in [0.25, 0.3) is 0 Å². The third-order valence-corrected chi connectivity index (χ3v) is 6.57. The summed E-state index contributed by atoms with van der Waals surface area (Å²) in [6.45, 7) is 1.98. The van der Waals surface area contributed by atoms with Gasteiger partial charge in [0.1, 0.15) is 5.75 Å². The molecule has 1 atom stereocenters. The monoisotopic (exact) mass is 422 g/mol. The molecule has 0 unspecified atom stereocenters. The first kappa shape index (κ1) is 21.4. The average Bonchev–Trinajstić information content (AvgIpc) is 2.81. The number of methoxy groups -OCH3 is 1. The third kappa shape index (κ3) is 4.74. The Labute approximate surface area is 183 Å². The lowest BCUT2D eigenvalue weighted by Gasteiger charge is -2.41. The summed E-state index contributed by atoms with van der Waals surface area (Å²) in [6.07, 6.45) is 2.04. The van der Waals surface area contributed by atoms with E-state index in [1.807, 2.05) is 59.5 Å². The van der Waals surface area contributed by atoms with E-state index in [2.05, 4.69) is 0 Å². The number of piperidine rings is 2. The lowest BCUT2D eigenvalue weighted by atomic mass is 9.84. The molecule has 2 aromatic carbocycles. The molecular formula is C25H30N2O4. The fraction of sp³-hybridized carbons (Fsp3) is 0.440. The molecule has 2 aliphatic rings. The number of amides is 2. The molecule has 6 heteroatoms. The molecule has 164 valence electrons. The molecule has 2 aromatic rings. The molecule has 1 N–H and O–H groups in total. The minimum atomic E-state index is -0.876. The van der Waals surface area contributed by atoms with Crippen molar-refractivity contribution >= 4 is 11.8 Å². The minimum absolute atomic E-state index is 0.0870. The van der Waals surface area contributed by atoms with Gasteiger partial charge in [-0.15, -0.1) is 0 Å². The van der Waals surface area contributed by atoms with E-state index in [9.17, 15) is 14.7 Å². The SMILES string of the molecule is COc1cccc(CN2C[C@@H](C(=O)N3CCC(O)(c4ccccc4)CC3)CCC2=O)c1. The van der Waals surface area contributed by atoms with Crippen LogP contribution in [0.4, 0.5) is 0 Å². The summed E-state index contributed by atoms with van der Waals surface area (Å²) in [4.78, 5) is 29.3. The van der Waals surface area contributed by atoms with Gasteiger partial charge < -0.3 is 19.6 Å². The molecule has 0 aliphatic carbocycles. The van der Waals surface area contributed by atoms with Gasteiger partial charge in [0.15, 0.2) is 0 Å². The Morgan fingerprint density at radius 3 is 2.58 bits per heavy atom. The number of rotatable bonds is 5. The first-order chi connectivity index (χ1) is 15.0. The van der Waals surface area contributed by atoms with E-state index < -0.39 is 5.60 Å². The number of nitrogens with zero attached hydrogens (tertiary/aromatic N) is 2. The molecule has 6 nitrogen and oxygen atoms in total. The number of carbonyl (C=O) groups is 2. The fourth-order valence-corrected chi connectivity index (χ4v) is 4.65. The summed E-state index contributed by atoms with van der Waals surface area (Å²) < 4.78 is 5.27. The highest BCUT2D eigenvalue weighted by Crippen LogP contribution is 2.34. The zero-order valence-electron chi connectivity index (χ0n) is 18.0. The highest BCUT2D eigenvalue weighted by molar-refractivity contribution is 5.84. The van der Waals surface area contributed by atoms with Gasteiger partial charge in [0.2, 0.25) is 11.8 Å². The van der Waals surface area contributed by atoms with Crippen molar-refractivity contribution in [1.29, 1.82) is 0 Å². The molecule has 0 spiro atoms. The zero-order valence-corrected chi connectivity index (χ0v) is 18.0. The summed E-state index contributed by atoms with van der Waals surface area (Å²) >= 11 is 0. The Morgan fingerprint density at radius 1 is 1.13 bits per heavy atom. The van der Waals surface area contributed by atoms with Crippen molar-refractivity contribution in [1.82, 2.24) is 9.80 Å². The highest BCUT2D eigenvalue weighted by atomic mass is 16.5. The summed E-state index contributed by atoms with van der Waals surface area (Å²) in [5.41, 5.74) is 1.03. The Bertz CT molecular complexity index is 922. The lowest BCUT2D eigenvalue weighted by Crippen LogP contribution is -2.50. The summed E-state index contributed by atoms with van der Waals surface area (Å²) in [6, 6.07) is 17.4. The van der Waals surface area contributed by atoms with Crippen molar-refractivity contribution in [3.8, 4) is 5.75 Å². The van der Waals surface area contributed by atoms with Gasteiger partial charge in [0.05, 0.1) is 18.6 Å². The Morgan fingerprint density at radius 2 is 1.87 bits per heavy atom. The maximum absolute atomic E-state index is 13.2. The molecular weight excluding hydrogens is 392 g/mol. The van der Waals surface area contributed by atoms with Gasteiger partial charge in [0.25, 0.3) is 0 Å². The van der Waals surface area contributed by atoms with Crippen LogP contribution in [0.15, 0.2) is 54.6 Å². The predicted octanol–water partition coefficient (Wildman–Crippen LogP) is 2.94. The van der Waals surface area contributed by atoms with E-state index >= 15 is 0 Å². The van der Waals surface area contributed by atoms with Gasteiger partial charge >= 0.3 is 0 Å². The maximum Gasteiger partial charge on any atom is 0.227 e. The van der Waals surface area contributed by atoms with Crippen LogP contribution in [0.1, 0.15) is 36.8 Å². The molecule has 2 aliphatic heterocycles. The summed E-state index contributed by atoms with van der Waals surface area (Å²) in [5.74, 6) is 0.752. The van der Waals surface area contributed by atoms with E-state index in [4.69, 9.17) is 4.74 Å². The first-order valence-electron chi connectivity index (χ1n) is 11.0. The number of hydrogen-bond donors (Lipinski definition) is 1. The van der Waals surface area contributed by atoms with Crippen molar-refractivity contribution in [3.05, 3.63) is 65.7 Å². The van der Waals surface area contributed by atoms with E-state index in [1.54, 1.807) is 12.0 Å². The van der Waals surface area contributed by atoms with Crippen LogP contribution in [0.5, 0.6) is 5.75 Å². The molecule has 0 bridgehead atoms. The molecule has 4 rings (SSSR count). The van der Waals surface area contributed by atoms with Gasteiger partial charge in [-0.25, -0.2) is 0 Å². The van der Waals surface area contributed by atoms with Crippen molar-refractivity contribution in [2.24, 2.45) is 5.92 Å². The fourth-order valence-electron chi connectivity index (χ4n) is 4.65. The Balaban J connectivity index is 1.37. The largest absolute Gasteiger partial charge is 0.497 e. The number of ether oxygens (including phenoxy) is 1. The second-order valence-electron chi connectivity index (χ2n) is 8.58. The van der Waals surface area contributed by atoms with Gasteiger partial charge in [-0.3, -0.25) is 9.59 Å². The van der Waals surface area contributed by atoms with E-state index in [1.165, 1.54) is 0 Å². The third-order valence-electron chi connectivity index (χ3n) is 6.57. The number of likely N-dealkylation sites (tertiary alicyclic amines) is 2. The van der Waals surface area contributed by atoms with E-state index in [0.29, 0.717) is 51.9 Å². The second kappa shape index (κ2) is 9.10. The van der Waals surface area contributed by atoms with Crippen LogP contribution in [0.2, 0.25) is 0 Å². The highest BCUT2D eigenvalue weighted by Gasteiger charge is 2.38. The second-order valence-corrected chi connectivity index (χ2v) is 8.58. The Hall–Kier alpha value is -2.86. The van der Waals surface area contributed by atoms with Crippen molar-refractivity contribution in [2.75, 3.05) is 26.7 Å². The van der Waals surface area contributed by atoms with Crippen LogP contribution in [0, 0.1) is 5.92 Å². The normalized spacial score (nSPS) is 21.1. The topological polar surface area (TPSA) is 70.1 Å². The predicted molar refractivity (Wildman–Crippen MR) is 117 cm³/mol. The van der Waals surface area contributed by atoms with Crippen LogP contribution >= 0.6 is 0 Å². The van der Waals surface area contributed by atoms with Crippen LogP contribution in [-0.2, 0) is 21.7 Å². The van der Waals surface area contributed by atoms with Gasteiger partial charge in [-0.2, -0.15) is 0 Å². The lowest BCUT2D eigenvalue weighted by molar-refractivity contribution is -0.146. The quantitative estimate of drug-likeness (QED) is 0.804. The van der Waals surface area contributed by atoms with Gasteiger partial charge in [-0.1, -0.05) is 42.5 Å². The Kier molecular flexibility index (Phi) is 6.28. The van der Waals surface area contributed by atoms with Crippen LogP contribution in [-0.4, -0.2) is 53.5 Å². The van der Waals surface area contributed by atoms with Crippen molar-refractivity contribution in [2.45, 2.75) is 37.8 Å². The van der Waals surface area contributed by atoms with Crippen molar-refractivity contribution < 1.29 is 19.4 Å². The minimum Gasteiger partial charge on any atom is -0.497 e. The number of hydrogen-bond acceptors (Lipinski definition) is 4. The summed E-state index contributed by atoms with van der Waals surface area (Å²) in [5, 5.41) is 11.0. The molecule has 2 fully saturated rings. The molecule has 2 heterocycles. The standard InChI is InChI=1S/C25H30N2O4/c1-31-22-9-5-6-19(16-22)17-27-18-20(10-11-23(27)28)24(29)26-14-12-25(30,13-15-26)21-7-3-2-4-8-21/h2-9,16,20,30H,10-15,17-18H2,1H3/t20-/m0/s1. The number of aliphatic hydroxyl groups is 1. The van der Waals surface area contributed by atoms with Gasteiger partial charge in [-0.05, 0) is 42.5 Å². The molecule has 2 saturated heterocycles.